The van der Waals surface area contributed by atoms with Crippen LogP contribution in [-0.4, -0.2) is 6.61 Å². The first kappa shape index (κ1) is 12.5. The zero-order valence-electron chi connectivity index (χ0n) is 10.6. The maximum Gasteiger partial charge on any atom is 0.0869 e. The third-order valence-corrected chi connectivity index (χ3v) is 3.67. The first-order valence-corrected chi connectivity index (χ1v) is 6.82. The maximum atomic E-state index is 5.93. The molecule has 0 N–H and O–H groups in total. The summed E-state index contributed by atoms with van der Waals surface area (Å²) >= 11 is 5.93. The minimum absolute atomic E-state index is 0.150. The van der Waals surface area contributed by atoms with Gasteiger partial charge in [-0.15, -0.1) is 0 Å². The second-order valence-electron chi connectivity index (χ2n) is 4.67. The Labute approximate surface area is 118 Å². The van der Waals surface area contributed by atoms with E-state index in [4.69, 9.17) is 16.3 Å². The van der Waals surface area contributed by atoms with Crippen molar-refractivity contribution in [3.05, 3.63) is 76.8 Å². The van der Waals surface area contributed by atoms with E-state index in [1.54, 1.807) is 0 Å². The van der Waals surface area contributed by atoms with Gasteiger partial charge in [-0.3, -0.25) is 0 Å². The predicted molar refractivity (Wildman–Crippen MR) is 79.2 cm³/mol. The van der Waals surface area contributed by atoms with E-state index in [0.717, 1.165) is 11.4 Å². The zero-order valence-corrected chi connectivity index (χ0v) is 11.3. The Bertz CT molecular complexity index is 572. The summed E-state index contributed by atoms with van der Waals surface area (Å²) in [5, 5.41) is 0.774. The van der Waals surface area contributed by atoms with Gasteiger partial charge in [0, 0.05) is 11.4 Å². The van der Waals surface area contributed by atoms with Gasteiger partial charge in [0.25, 0.3) is 0 Å². The number of rotatable bonds is 2. The molecule has 0 fully saturated rings. The molecule has 2 aromatic carbocycles. The molecule has 0 bridgehead atoms. The van der Waals surface area contributed by atoms with E-state index in [9.17, 15) is 0 Å². The summed E-state index contributed by atoms with van der Waals surface area (Å²) in [5.74, 6) is 0. The number of hydrogen-bond donors (Lipinski definition) is 0. The third-order valence-electron chi connectivity index (χ3n) is 3.42. The van der Waals surface area contributed by atoms with E-state index >= 15 is 0 Å². The molecule has 2 heteroatoms. The summed E-state index contributed by atoms with van der Waals surface area (Å²) in [6, 6.07) is 18.4. The predicted octanol–water partition coefficient (Wildman–Crippen LogP) is 4.89. The quantitative estimate of drug-likeness (QED) is 0.755. The van der Waals surface area contributed by atoms with Crippen LogP contribution in [0.2, 0.25) is 5.02 Å². The molecule has 1 aliphatic rings. The van der Waals surface area contributed by atoms with E-state index in [0.29, 0.717) is 6.61 Å². The minimum atomic E-state index is 0.150. The van der Waals surface area contributed by atoms with Crippen LogP contribution in [0.5, 0.6) is 0 Å². The molecule has 0 aromatic heterocycles. The van der Waals surface area contributed by atoms with Crippen LogP contribution in [0.3, 0.4) is 0 Å². The monoisotopic (exact) mass is 270 g/mol. The molecule has 2 aromatic rings. The molecule has 0 saturated heterocycles. The Kier molecular flexibility index (Phi) is 3.67. The standard InChI is InChI=1S/C17H15ClO/c18-16-8-6-13(7-9-16)15-10-11-19-17(12-15)14-4-2-1-3-5-14/h1-10,17H,11-12H2. The highest BCUT2D eigenvalue weighted by Crippen LogP contribution is 2.33. The Balaban J connectivity index is 1.82. The Hall–Kier alpha value is -1.57. The van der Waals surface area contributed by atoms with Crippen LogP contribution in [0.25, 0.3) is 5.57 Å². The van der Waals surface area contributed by atoms with Crippen molar-refractivity contribution < 1.29 is 4.74 Å². The molecule has 1 heterocycles. The third kappa shape index (κ3) is 2.89. The molecule has 3 rings (SSSR count). The fourth-order valence-electron chi connectivity index (χ4n) is 2.39. The second-order valence-corrected chi connectivity index (χ2v) is 5.11. The summed E-state index contributed by atoms with van der Waals surface area (Å²) in [5.41, 5.74) is 3.80. The van der Waals surface area contributed by atoms with E-state index < -0.39 is 0 Å². The number of benzene rings is 2. The van der Waals surface area contributed by atoms with Crippen molar-refractivity contribution >= 4 is 17.2 Å². The van der Waals surface area contributed by atoms with Gasteiger partial charge >= 0.3 is 0 Å². The molecule has 0 amide bonds. The minimum Gasteiger partial charge on any atom is -0.369 e. The van der Waals surface area contributed by atoms with Crippen molar-refractivity contribution in [1.29, 1.82) is 0 Å². The molecule has 0 aliphatic carbocycles. The summed E-state index contributed by atoms with van der Waals surface area (Å²) < 4.78 is 5.84. The van der Waals surface area contributed by atoms with Crippen molar-refractivity contribution in [1.82, 2.24) is 0 Å². The summed E-state index contributed by atoms with van der Waals surface area (Å²) in [7, 11) is 0. The molecule has 0 spiro atoms. The molecular weight excluding hydrogens is 256 g/mol. The number of hydrogen-bond acceptors (Lipinski definition) is 1. The first-order chi connectivity index (χ1) is 9.33. The van der Waals surface area contributed by atoms with Gasteiger partial charge in [0.15, 0.2) is 0 Å². The van der Waals surface area contributed by atoms with Crippen LogP contribution in [-0.2, 0) is 4.74 Å². The summed E-state index contributed by atoms with van der Waals surface area (Å²) in [6.07, 6.45) is 3.21. The van der Waals surface area contributed by atoms with Crippen LogP contribution in [0, 0.1) is 0 Å². The van der Waals surface area contributed by atoms with Gasteiger partial charge in [0.05, 0.1) is 12.7 Å². The lowest BCUT2D eigenvalue weighted by molar-refractivity contribution is 0.0708. The summed E-state index contributed by atoms with van der Waals surface area (Å²) in [4.78, 5) is 0. The summed E-state index contributed by atoms with van der Waals surface area (Å²) in [6.45, 7) is 0.664. The molecule has 96 valence electrons. The second kappa shape index (κ2) is 5.60. The smallest absolute Gasteiger partial charge is 0.0869 e. The van der Waals surface area contributed by atoms with Crippen molar-refractivity contribution in [3.8, 4) is 0 Å². The van der Waals surface area contributed by atoms with Crippen molar-refractivity contribution in [2.45, 2.75) is 12.5 Å². The first-order valence-electron chi connectivity index (χ1n) is 6.44. The van der Waals surface area contributed by atoms with E-state index in [1.807, 2.05) is 18.2 Å². The highest BCUT2D eigenvalue weighted by atomic mass is 35.5. The highest BCUT2D eigenvalue weighted by molar-refractivity contribution is 6.30. The van der Waals surface area contributed by atoms with E-state index in [2.05, 4.69) is 42.5 Å². The fraction of sp³-hybridized carbons (Fsp3) is 0.176. The lowest BCUT2D eigenvalue weighted by Crippen LogP contribution is -2.10. The normalized spacial score (nSPS) is 19.0. The Morgan fingerprint density at radius 2 is 1.68 bits per heavy atom. The molecular formula is C17H15ClO. The van der Waals surface area contributed by atoms with Crippen molar-refractivity contribution in [2.75, 3.05) is 6.61 Å². The van der Waals surface area contributed by atoms with Crippen LogP contribution >= 0.6 is 11.6 Å². The molecule has 1 atom stereocenters. The van der Waals surface area contributed by atoms with Crippen LogP contribution in [0.15, 0.2) is 60.7 Å². The zero-order chi connectivity index (χ0) is 13.1. The lowest BCUT2D eigenvalue weighted by atomic mass is 9.94. The van der Waals surface area contributed by atoms with E-state index in [1.165, 1.54) is 16.7 Å². The van der Waals surface area contributed by atoms with Gasteiger partial charge in [-0.25, -0.2) is 0 Å². The molecule has 0 saturated carbocycles. The fourth-order valence-corrected chi connectivity index (χ4v) is 2.51. The largest absolute Gasteiger partial charge is 0.369 e. The average Bonchev–Trinajstić information content (AvgIpc) is 2.49. The van der Waals surface area contributed by atoms with Gasteiger partial charge in [0.2, 0.25) is 0 Å². The van der Waals surface area contributed by atoms with E-state index in [-0.39, 0.29) is 6.10 Å². The topological polar surface area (TPSA) is 9.23 Å². The molecule has 19 heavy (non-hydrogen) atoms. The van der Waals surface area contributed by atoms with Gasteiger partial charge in [-0.1, -0.05) is 60.1 Å². The average molecular weight is 271 g/mol. The van der Waals surface area contributed by atoms with Crippen LogP contribution in [0.1, 0.15) is 23.7 Å². The molecule has 1 aliphatic heterocycles. The van der Waals surface area contributed by atoms with Gasteiger partial charge in [-0.05, 0) is 28.8 Å². The van der Waals surface area contributed by atoms with Crippen molar-refractivity contribution in [2.24, 2.45) is 0 Å². The van der Waals surface area contributed by atoms with Gasteiger partial charge in [-0.2, -0.15) is 0 Å². The SMILES string of the molecule is Clc1ccc(C2=CCOC(c3ccccc3)C2)cc1. The number of ether oxygens (including phenoxy) is 1. The Morgan fingerprint density at radius 3 is 2.42 bits per heavy atom. The van der Waals surface area contributed by atoms with Crippen LogP contribution < -0.4 is 0 Å². The number of halogens is 1. The maximum absolute atomic E-state index is 5.93. The van der Waals surface area contributed by atoms with Gasteiger partial charge < -0.3 is 4.74 Å². The highest BCUT2D eigenvalue weighted by Gasteiger charge is 2.18. The molecule has 1 unspecified atom stereocenters. The lowest BCUT2D eigenvalue weighted by Gasteiger charge is -2.24. The van der Waals surface area contributed by atoms with Crippen LogP contribution in [0.4, 0.5) is 0 Å². The van der Waals surface area contributed by atoms with Gasteiger partial charge in [0.1, 0.15) is 0 Å². The molecule has 0 radical (unpaired) electrons. The Morgan fingerprint density at radius 1 is 0.947 bits per heavy atom. The van der Waals surface area contributed by atoms with Crippen molar-refractivity contribution in [3.63, 3.8) is 0 Å². The molecule has 1 nitrogen and oxygen atoms in total.